The Bertz CT molecular complexity index is 1050. The van der Waals surface area contributed by atoms with Crippen LogP contribution in [0.15, 0.2) is 60.2 Å². The van der Waals surface area contributed by atoms with Crippen LogP contribution in [-0.4, -0.2) is 28.2 Å². The Morgan fingerprint density at radius 1 is 0.737 bits per heavy atom. The van der Waals surface area contributed by atoms with Gasteiger partial charge in [-0.1, -0.05) is 139 Å². The van der Waals surface area contributed by atoms with Gasteiger partial charge in [-0.3, -0.25) is 9.59 Å². The summed E-state index contributed by atoms with van der Waals surface area (Å²) in [5, 5.41) is 11.0. The van der Waals surface area contributed by atoms with E-state index in [-0.39, 0.29) is 16.9 Å². The minimum atomic E-state index is -0.932. The number of likely N-dealkylation sites (tertiary alicyclic amines) is 1. The maximum atomic E-state index is 14.9. The molecule has 1 atom stereocenters. The van der Waals surface area contributed by atoms with Crippen LogP contribution in [-0.2, 0) is 9.59 Å². The van der Waals surface area contributed by atoms with E-state index in [1.807, 2.05) is 0 Å². The fraction of sp³-hybridized carbons (Fsp3) is 0.515. The molecule has 3 rings (SSSR count). The van der Waals surface area contributed by atoms with E-state index in [1.165, 1.54) is 81.6 Å². The number of carbonyl (C=O) groups excluding carboxylic acids is 2. The molecule has 2 aromatic rings. The topological polar surface area (TPSA) is 57.6 Å². The van der Waals surface area contributed by atoms with Crippen LogP contribution in [0.25, 0.3) is 5.76 Å². The molecule has 0 aromatic heterocycles. The first kappa shape index (κ1) is 29.6. The summed E-state index contributed by atoms with van der Waals surface area (Å²) in [5.41, 5.74) is 0.620. The number of unbranched alkanes of at least 4 members (excludes halogenated alkanes) is 13. The van der Waals surface area contributed by atoms with Crippen molar-refractivity contribution < 1.29 is 19.1 Å². The van der Waals surface area contributed by atoms with Gasteiger partial charge in [-0.05, 0) is 12.5 Å². The van der Waals surface area contributed by atoms with Crippen LogP contribution in [0.1, 0.15) is 114 Å². The van der Waals surface area contributed by atoms with E-state index in [0.29, 0.717) is 12.1 Å². The molecular formula is C33H44FNO3. The van der Waals surface area contributed by atoms with Crippen LogP contribution >= 0.6 is 0 Å². The number of nitrogens with zero attached hydrogens (tertiary/aromatic N) is 1. The highest BCUT2D eigenvalue weighted by molar-refractivity contribution is 6.46. The van der Waals surface area contributed by atoms with Crippen molar-refractivity contribution in [3.8, 4) is 0 Å². The number of Topliss-reactive ketones (excluding diaryl/α,β-unsaturated/α-hetero) is 1. The number of rotatable bonds is 17. The number of ketones is 1. The second-order valence-corrected chi connectivity index (χ2v) is 10.5. The van der Waals surface area contributed by atoms with Gasteiger partial charge in [0.25, 0.3) is 11.7 Å². The first-order valence-electron chi connectivity index (χ1n) is 14.6. The predicted octanol–water partition coefficient (Wildman–Crippen LogP) is 8.73. The average molecular weight is 522 g/mol. The zero-order chi connectivity index (χ0) is 27.2. The van der Waals surface area contributed by atoms with E-state index in [2.05, 4.69) is 6.92 Å². The SMILES string of the molecule is CCCCCCCCCCCCCCCCN1C(=O)C(=O)/C(=C(/O)c2ccccc2)[C@@H]1c1ccccc1F. The minimum absolute atomic E-state index is 0.0448. The molecule has 0 unspecified atom stereocenters. The number of aliphatic hydroxyl groups is 1. The highest BCUT2D eigenvalue weighted by Crippen LogP contribution is 2.40. The van der Waals surface area contributed by atoms with E-state index in [1.54, 1.807) is 48.5 Å². The summed E-state index contributed by atoms with van der Waals surface area (Å²) in [6.45, 7) is 2.61. The molecule has 2 aromatic carbocycles. The van der Waals surface area contributed by atoms with Crippen molar-refractivity contribution in [2.45, 2.75) is 103 Å². The predicted molar refractivity (Wildman–Crippen MR) is 152 cm³/mol. The largest absolute Gasteiger partial charge is 0.507 e. The summed E-state index contributed by atoms with van der Waals surface area (Å²) < 4.78 is 14.9. The molecule has 0 saturated carbocycles. The summed E-state index contributed by atoms with van der Waals surface area (Å²) in [6, 6.07) is 13.9. The lowest BCUT2D eigenvalue weighted by Gasteiger charge is -2.25. The molecule has 1 saturated heterocycles. The summed E-state index contributed by atoms with van der Waals surface area (Å²) in [6.07, 6.45) is 17.2. The van der Waals surface area contributed by atoms with Crippen molar-refractivity contribution in [1.82, 2.24) is 4.90 Å². The molecule has 206 valence electrons. The first-order chi connectivity index (χ1) is 18.6. The summed E-state index contributed by atoms with van der Waals surface area (Å²) in [4.78, 5) is 27.5. The number of hydrogen-bond donors (Lipinski definition) is 1. The van der Waals surface area contributed by atoms with Crippen molar-refractivity contribution in [3.05, 3.63) is 77.1 Å². The van der Waals surface area contributed by atoms with Crippen molar-refractivity contribution in [2.24, 2.45) is 0 Å². The molecule has 1 aliphatic heterocycles. The van der Waals surface area contributed by atoms with E-state index in [9.17, 15) is 19.1 Å². The van der Waals surface area contributed by atoms with Gasteiger partial charge in [0.1, 0.15) is 11.6 Å². The molecule has 1 amide bonds. The lowest BCUT2D eigenvalue weighted by molar-refractivity contribution is -0.140. The molecule has 0 bridgehead atoms. The number of benzene rings is 2. The number of carbonyl (C=O) groups is 2. The fourth-order valence-corrected chi connectivity index (χ4v) is 5.36. The van der Waals surface area contributed by atoms with Crippen LogP contribution in [0.4, 0.5) is 4.39 Å². The van der Waals surface area contributed by atoms with Crippen LogP contribution in [0.2, 0.25) is 0 Å². The summed E-state index contributed by atoms with van der Waals surface area (Å²) in [5.74, 6) is -2.19. The van der Waals surface area contributed by atoms with Crippen molar-refractivity contribution in [2.75, 3.05) is 6.54 Å². The number of amides is 1. The number of hydrogen-bond acceptors (Lipinski definition) is 3. The van der Waals surface area contributed by atoms with Crippen molar-refractivity contribution in [3.63, 3.8) is 0 Å². The molecule has 1 fully saturated rings. The molecule has 0 aliphatic carbocycles. The zero-order valence-electron chi connectivity index (χ0n) is 23.0. The Balaban J connectivity index is 1.51. The summed E-state index contributed by atoms with van der Waals surface area (Å²) >= 11 is 0. The Labute approximate surface area is 227 Å². The zero-order valence-corrected chi connectivity index (χ0v) is 23.0. The van der Waals surface area contributed by atoms with Gasteiger partial charge in [0.15, 0.2) is 0 Å². The third-order valence-electron chi connectivity index (χ3n) is 7.54. The van der Waals surface area contributed by atoms with Gasteiger partial charge in [0, 0.05) is 17.7 Å². The van der Waals surface area contributed by atoms with Gasteiger partial charge in [-0.25, -0.2) is 4.39 Å². The quantitative estimate of drug-likeness (QED) is 0.0980. The highest BCUT2D eigenvalue weighted by atomic mass is 19.1. The number of halogens is 1. The van der Waals surface area contributed by atoms with Crippen LogP contribution in [0.5, 0.6) is 0 Å². The van der Waals surface area contributed by atoms with Gasteiger partial charge in [0.2, 0.25) is 0 Å². The lowest BCUT2D eigenvalue weighted by atomic mass is 9.95. The molecule has 1 heterocycles. The van der Waals surface area contributed by atoms with E-state index < -0.39 is 23.5 Å². The molecule has 0 spiro atoms. The molecule has 4 nitrogen and oxygen atoms in total. The van der Waals surface area contributed by atoms with Gasteiger partial charge < -0.3 is 10.0 Å². The smallest absolute Gasteiger partial charge is 0.295 e. The Morgan fingerprint density at radius 3 is 1.79 bits per heavy atom. The third-order valence-corrected chi connectivity index (χ3v) is 7.54. The summed E-state index contributed by atoms with van der Waals surface area (Å²) in [7, 11) is 0. The monoisotopic (exact) mass is 521 g/mol. The normalized spacial score (nSPS) is 16.9. The van der Waals surface area contributed by atoms with Crippen LogP contribution in [0, 0.1) is 5.82 Å². The maximum absolute atomic E-state index is 14.9. The Morgan fingerprint density at radius 2 is 1.24 bits per heavy atom. The number of aliphatic hydroxyl groups excluding tert-OH is 1. The Hall–Kier alpha value is -2.95. The average Bonchev–Trinajstić information content (AvgIpc) is 3.18. The van der Waals surface area contributed by atoms with Crippen molar-refractivity contribution >= 4 is 17.4 Å². The molecule has 0 radical (unpaired) electrons. The highest BCUT2D eigenvalue weighted by Gasteiger charge is 2.46. The van der Waals surface area contributed by atoms with E-state index >= 15 is 0 Å². The van der Waals surface area contributed by atoms with Crippen molar-refractivity contribution in [1.29, 1.82) is 0 Å². The molecule has 1 N–H and O–H groups in total. The van der Waals surface area contributed by atoms with Crippen LogP contribution < -0.4 is 0 Å². The molecule has 38 heavy (non-hydrogen) atoms. The lowest BCUT2D eigenvalue weighted by Crippen LogP contribution is -2.31. The molecule has 5 heteroatoms. The van der Waals surface area contributed by atoms with Gasteiger partial charge in [-0.15, -0.1) is 0 Å². The molecule has 1 aliphatic rings. The van der Waals surface area contributed by atoms with Gasteiger partial charge in [0.05, 0.1) is 11.6 Å². The second kappa shape index (κ2) is 16.1. The van der Waals surface area contributed by atoms with Crippen LogP contribution in [0.3, 0.4) is 0 Å². The first-order valence-corrected chi connectivity index (χ1v) is 14.6. The van der Waals surface area contributed by atoms with Gasteiger partial charge in [-0.2, -0.15) is 0 Å². The maximum Gasteiger partial charge on any atom is 0.295 e. The minimum Gasteiger partial charge on any atom is -0.507 e. The standard InChI is InChI=1S/C33H44FNO3/c1-2-3-4-5-6-7-8-9-10-11-12-13-14-20-25-35-30(27-23-18-19-24-28(27)34)29(32(37)33(35)38)31(36)26-21-16-15-17-22-26/h15-19,21-24,30,36H,2-14,20,25H2,1H3/b31-29+/t30-/m0/s1. The second-order valence-electron chi connectivity index (χ2n) is 10.5. The third kappa shape index (κ3) is 8.28. The van der Waals surface area contributed by atoms with Gasteiger partial charge >= 0.3 is 0 Å². The fourth-order valence-electron chi connectivity index (χ4n) is 5.36. The molecular weight excluding hydrogens is 477 g/mol. The van der Waals surface area contributed by atoms with E-state index in [0.717, 1.165) is 19.3 Å². The Kier molecular flexibility index (Phi) is 12.5. The van der Waals surface area contributed by atoms with E-state index in [4.69, 9.17) is 0 Å².